The van der Waals surface area contributed by atoms with Crippen molar-refractivity contribution in [2.24, 2.45) is 11.8 Å². The molecule has 1 saturated carbocycles. The van der Waals surface area contributed by atoms with E-state index in [2.05, 4.69) is 6.92 Å². The molecule has 2 fully saturated rings. The van der Waals surface area contributed by atoms with Gasteiger partial charge in [0, 0.05) is 18.8 Å². The number of hydrogen-bond donors (Lipinski definition) is 0. The fourth-order valence-electron chi connectivity index (χ4n) is 4.31. The second-order valence-corrected chi connectivity index (χ2v) is 7.89. The van der Waals surface area contributed by atoms with Crippen LogP contribution in [0.5, 0.6) is 0 Å². The molecule has 3 rings (SSSR count). The normalized spacial score (nSPS) is 26.5. The lowest BCUT2D eigenvalue weighted by Crippen LogP contribution is -2.51. The summed E-state index contributed by atoms with van der Waals surface area (Å²) in [6.45, 7) is 2.39. The van der Waals surface area contributed by atoms with Crippen LogP contribution in [0.4, 0.5) is 13.2 Å². The molecule has 3 atom stereocenters. The molecule has 0 radical (unpaired) electrons. The van der Waals surface area contributed by atoms with E-state index in [1.54, 1.807) is 4.90 Å². The summed E-state index contributed by atoms with van der Waals surface area (Å²) in [7, 11) is 0. The number of alkyl halides is 3. The minimum Gasteiger partial charge on any atom is -0.338 e. The standard InChI is InChI=1S/C18H22ClF3N2O2/c1-11-4-5-15-12(7-11)3-2-6-24(15)16(25)10-23-9-13(18(20,21)22)8-14(19)17(23)26/h8-9,11-12,15H,2-7,10H2,1H3/t11-,12-,15-/m1/s1. The third-order valence-corrected chi connectivity index (χ3v) is 5.85. The summed E-state index contributed by atoms with van der Waals surface area (Å²) >= 11 is 5.66. The molecule has 1 aromatic rings. The monoisotopic (exact) mass is 390 g/mol. The van der Waals surface area contributed by atoms with E-state index in [0.717, 1.165) is 36.7 Å². The van der Waals surface area contributed by atoms with Crippen LogP contribution in [0.2, 0.25) is 5.02 Å². The van der Waals surface area contributed by atoms with Gasteiger partial charge in [-0.15, -0.1) is 0 Å². The molecule has 1 aromatic heterocycles. The van der Waals surface area contributed by atoms with Crippen LogP contribution in [-0.4, -0.2) is 28.0 Å². The van der Waals surface area contributed by atoms with E-state index in [1.807, 2.05) is 0 Å². The average Bonchev–Trinajstić information content (AvgIpc) is 2.56. The Labute approximate surface area is 154 Å². The first-order chi connectivity index (χ1) is 12.2. The smallest absolute Gasteiger partial charge is 0.338 e. The number of piperidine rings is 1. The predicted octanol–water partition coefficient (Wildman–Crippen LogP) is 3.95. The number of halogens is 4. The number of carbonyl (C=O) groups is 1. The molecule has 0 aromatic carbocycles. The van der Waals surface area contributed by atoms with Gasteiger partial charge in [0.05, 0.1) is 5.56 Å². The number of fused-ring (bicyclic) bond motifs is 1. The van der Waals surface area contributed by atoms with Crippen molar-refractivity contribution in [2.45, 2.75) is 57.8 Å². The summed E-state index contributed by atoms with van der Waals surface area (Å²) in [6, 6.07) is 0.731. The van der Waals surface area contributed by atoms with E-state index < -0.39 is 28.9 Å². The lowest BCUT2D eigenvalue weighted by Gasteiger charge is -2.45. The highest BCUT2D eigenvalue weighted by molar-refractivity contribution is 6.30. The van der Waals surface area contributed by atoms with Gasteiger partial charge in [0.2, 0.25) is 5.91 Å². The highest BCUT2D eigenvalue weighted by Gasteiger charge is 2.38. The highest BCUT2D eigenvalue weighted by atomic mass is 35.5. The number of likely N-dealkylation sites (tertiary alicyclic amines) is 1. The van der Waals surface area contributed by atoms with Crippen molar-refractivity contribution in [1.82, 2.24) is 9.47 Å². The van der Waals surface area contributed by atoms with Crippen molar-refractivity contribution in [3.05, 3.63) is 33.2 Å². The minimum absolute atomic E-state index is 0.129. The molecule has 1 saturated heterocycles. The molecule has 1 aliphatic heterocycles. The summed E-state index contributed by atoms with van der Waals surface area (Å²) < 4.78 is 39.7. The van der Waals surface area contributed by atoms with Crippen molar-refractivity contribution in [3.63, 3.8) is 0 Å². The number of amides is 1. The third kappa shape index (κ3) is 3.92. The van der Waals surface area contributed by atoms with Crippen LogP contribution in [0.1, 0.15) is 44.6 Å². The molecule has 2 aliphatic rings. The fourth-order valence-corrected chi connectivity index (χ4v) is 4.54. The van der Waals surface area contributed by atoms with Crippen LogP contribution in [0, 0.1) is 11.8 Å². The largest absolute Gasteiger partial charge is 0.417 e. The maximum Gasteiger partial charge on any atom is 0.417 e. The molecular weight excluding hydrogens is 369 g/mol. The lowest BCUT2D eigenvalue weighted by molar-refractivity contribution is -0.140. The summed E-state index contributed by atoms with van der Waals surface area (Å²) in [5.41, 5.74) is -1.81. The van der Waals surface area contributed by atoms with E-state index in [-0.39, 0.29) is 11.9 Å². The number of aromatic nitrogens is 1. The van der Waals surface area contributed by atoms with Crippen LogP contribution in [0.3, 0.4) is 0 Å². The van der Waals surface area contributed by atoms with Crippen molar-refractivity contribution < 1.29 is 18.0 Å². The molecule has 0 unspecified atom stereocenters. The molecule has 1 aliphatic carbocycles. The quantitative estimate of drug-likeness (QED) is 0.767. The number of pyridine rings is 1. The molecule has 0 N–H and O–H groups in total. The van der Waals surface area contributed by atoms with E-state index >= 15 is 0 Å². The van der Waals surface area contributed by atoms with Crippen LogP contribution in [0.15, 0.2) is 17.1 Å². The van der Waals surface area contributed by atoms with Crippen LogP contribution >= 0.6 is 11.6 Å². The fraction of sp³-hybridized carbons (Fsp3) is 0.667. The predicted molar refractivity (Wildman–Crippen MR) is 92.0 cm³/mol. The molecule has 144 valence electrons. The Morgan fingerprint density at radius 3 is 2.73 bits per heavy atom. The van der Waals surface area contributed by atoms with Gasteiger partial charge >= 0.3 is 6.18 Å². The minimum atomic E-state index is -4.63. The molecule has 0 bridgehead atoms. The van der Waals surface area contributed by atoms with Crippen LogP contribution < -0.4 is 5.56 Å². The highest BCUT2D eigenvalue weighted by Crippen LogP contribution is 2.38. The Bertz CT molecular complexity index is 747. The number of hydrogen-bond acceptors (Lipinski definition) is 2. The average molecular weight is 391 g/mol. The summed E-state index contributed by atoms with van der Waals surface area (Å²) in [5.74, 6) is 0.765. The van der Waals surface area contributed by atoms with Crippen LogP contribution in [-0.2, 0) is 17.5 Å². The Balaban J connectivity index is 1.81. The maximum absolute atomic E-state index is 13.0. The lowest BCUT2D eigenvalue weighted by atomic mass is 9.74. The Morgan fingerprint density at radius 1 is 1.31 bits per heavy atom. The molecule has 1 amide bonds. The van der Waals surface area contributed by atoms with E-state index in [4.69, 9.17) is 11.6 Å². The van der Waals surface area contributed by atoms with Gasteiger partial charge < -0.3 is 9.47 Å². The molecular formula is C18H22ClF3N2O2. The van der Waals surface area contributed by atoms with Crippen molar-refractivity contribution in [2.75, 3.05) is 6.54 Å². The number of rotatable bonds is 2. The van der Waals surface area contributed by atoms with Gasteiger partial charge in [0.15, 0.2) is 0 Å². The maximum atomic E-state index is 13.0. The van der Waals surface area contributed by atoms with E-state index in [9.17, 15) is 22.8 Å². The second kappa shape index (κ2) is 7.25. The van der Waals surface area contributed by atoms with E-state index in [0.29, 0.717) is 30.6 Å². The zero-order chi connectivity index (χ0) is 19.1. The van der Waals surface area contributed by atoms with Gasteiger partial charge in [0.1, 0.15) is 11.6 Å². The zero-order valence-electron chi connectivity index (χ0n) is 14.6. The molecule has 0 spiro atoms. The third-order valence-electron chi connectivity index (χ3n) is 5.57. The van der Waals surface area contributed by atoms with Crippen molar-refractivity contribution in [1.29, 1.82) is 0 Å². The van der Waals surface area contributed by atoms with Gasteiger partial charge in [-0.1, -0.05) is 18.5 Å². The summed E-state index contributed by atoms with van der Waals surface area (Å²) in [4.78, 5) is 26.6. The first-order valence-corrected chi connectivity index (χ1v) is 9.31. The van der Waals surface area contributed by atoms with Gasteiger partial charge in [-0.25, -0.2) is 0 Å². The van der Waals surface area contributed by atoms with Crippen molar-refractivity contribution >= 4 is 17.5 Å². The van der Waals surface area contributed by atoms with Gasteiger partial charge in [-0.3, -0.25) is 9.59 Å². The number of nitrogens with zero attached hydrogens (tertiary/aromatic N) is 2. The summed E-state index contributed by atoms with van der Waals surface area (Å²) in [5, 5.41) is -0.532. The SMILES string of the molecule is C[C@@H]1CC[C@@H]2[C@H](CCCN2C(=O)Cn2cc(C(F)(F)F)cc(Cl)c2=O)C1. The van der Waals surface area contributed by atoms with Gasteiger partial charge in [0.25, 0.3) is 5.56 Å². The Morgan fingerprint density at radius 2 is 2.04 bits per heavy atom. The first-order valence-electron chi connectivity index (χ1n) is 8.93. The van der Waals surface area contributed by atoms with Crippen molar-refractivity contribution in [3.8, 4) is 0 Å². The Kier molecular flexibility index (Phi) is 5.37. The summed E-state index contributed by atoms with van der Waals surface area (Å²) in [6.07, 6.45) is 1.04. The molecule has 2 heterocycles. The zero-order valence-corrected chi connectivity index (χ0v) is 15.3. The Hall–Kier alpha value is -1.50. The molecule has 26 heavy (non-hydrogen) atoms. The van der Waals surface area contributed by atoms with Gasteiger partial charge in [-0.05, 0) is 50.0 Å². The van der Waals surface area contributed by atoms with E-state index in [1.165, 1.54) is 0 Å². The molecule has 8 heteroatoms. The first kappa shape index (κ1) is 19.3. The molecule has 4 nitrogen and oxygen atoms in total. The second-order valence-electron chi connectivity index (χ2n) is 7.48. The topological polar surface area (TPSA) is 42.3 Å². The van der Waals surface area contributed by atoms with Gasteiger partial charge in [-0.2, -0.15) is 13.2 Å². The van der Waals surface area contributed by atoms with Crippen LogP contribution in [0.25, 0.3) is 0 Å². The number of carbonyl (C=O) groups excluding carboxylic acids is 1.